The van der Waals surface area contributed by atoms with Gasteiger partial charge in [0.25, 0.3) is 5.91 Å². The second-order valence-corrected chi connectivity index (χ2v) is 7.45. The molecule has 0 aliphatic heterocycles. The van der Waals surface area contributed by atoms with Gasteiger partial charge >= 0.3 is 0 Å². The summed E-state index contributed by atoms with van der Waals surface area (Å²) in [6.45, 7) is 2.60. The van der Waals surface area contributed by atoms with Crippen LogP contribution in [0.5, 0.6) is 5.75 Å². The van der Waals surface area contributed by atoms with E-state index in [0.29, 0.717) is 11.6 Å². The molecule has 0 aromatic heterocycles. The fraction of sp³-hybridized carbons (Fsp3) is 0.435. The van der Waals surface area contributed by atoms with E-state index in [1.807, 2.05) is 30.3 Å². The highest BCUT2D eigenvalue weighted by Gasteiger charge is 2.24. The molecule has 5 nitrogen and oxygen atoms in total. The van der Waals surface area contributed by atoms with Gasteiger partial charge < -0.3 is 19.7 Å². The molecule has 2 aromatic rings. The summed E-state index contributed by atoms with van der Waals surface area (Å²) in [7, 11) is 5.52. The second-order valence-electron chi connectivity index (χ2n) is 7.45. The van der Waals surface area contributed by atoms with Gasteiger partial charge in [-0.25, -0.2) is 0 Å². The van der Waals surface area contributed by atoms with Crippen LogP contribution in [-0.4, -0.2) is 51.3 Å². The van der Waals surface area contributed by atoms with E-state index in [2.05, 4.69) is 29.4 Å². The van der Waals surface area contributed by atoms with Crippen LogP contribution in [0.2, 0.25) is 0 Å². The van der Waals surface area contributed by atoms with E-state index < -0.39 is 0 Å². The Balaban J connectivity index is 1.78. The highest BCUT2D eigenvalue weighted by atomic mass is 16.5. The lowest BCUT2D eigenvalue weighted by molar-refractivity contribution is 0.0951. The molecule has 1 aliphatic carbocycles. The Bertz CT molecular complexity index is 802. The molecule has 0 radical (unpaired) electrons. The average molecular weight is 383 g/mol. The van der Waals surface area contributed by atoms with Crippen LogP contribution >= 0.6 is 0 Å². The molecule has 150 valence electrons. The zero-order chi connectivity index (χ0) is 19.9. The van der Waals surface area contributed by atoms with Crippen LogP contribution in [0.3, 0.4) is 0 Å². The molecule has 1 fully saturated rings. The van der Waals surface area contributed by atoms with Crippen molar-refractivity contribution >= 4 is 5.91 Å². The van der Waals surface area contributed by atoms with E-state index in [0.717, 1.165) is 55.8 Å². The van der Waals surface area contributed by atoms with E-state index in [1.165, 1.54) is 5.56 Å². The van der Waals surface area contributed by atoms with Crippen LogP contribution in [0.15, 0.2) is 42.5 Å². The average Bonchev–Trinajstić information content (AvgIpc) is 3.52. The van der Waals surface area contributed by atoms with Crippen LogP contribution in [0.1, 0.15) is 35.2 Å². The van der Waals surface area contributed by atoms with Crippen molar-refractivity contribution in [2.24, 2.45) is 0 Å². The molecular weight excluding hydrogens is 352 g/mol. The van der Waals surface area contributed by atoms with Crippen LogP contribution in [-0.2, 0) is 11.3 Å². The van der Waals surface area contributed by atoms with E-state index in [-0.39, 0.29) is 5.91 Å². The Morgan fingerprint density at radius 2 is 2.00 bits per heavy atom. The molecule has 0 bridgehead atoms. The first kappa shape index (κ1) is 20.4. The standard InChI is InChI=1S/C23H30N2O3/c1-25(12-5-13-27-2)16-17-8-11-22(28-3)21(14-17)18-6-4-7-19(15-18)23(26)24-20-9-10-20/h4,6-8,11,14-15,20H,5,9-10,12-13,16H2,1-3H3,(H,24,26). The van der Waals surface area contributed by atoms with E-state index in [9.17, 15) is 4.79 Å². The third kappa shape index (κ3) is 5.57. The Hall–Kier alpha value is -2.37. The summed E-state index contributed by atoms with van der Waals surface area (Å²) >= 11 is 0. The summed E-state index contributed by atoms with van der Waals surface area (Å²) in [5, 5.41) is 3.05. The van der Waals surface area contributed by atoms with Gasteiger partial charge in [0.15, 0.2) is 0 Å². The molecule has 28 heavy (non-hydrogen) atoms. The molecule has 0 unspecified atom stereocenters. The van der Waals surface area contributed by atoms with Gasteiger partial charge in [-0.15, -0.1) is 0 Å². The van der Waals surface area contributed by atoms with Gasteiger partial charge in [-0.05, 0) is 61.7 Å². The van der Waals surface area contributed by atoms with Crippen molar-refractivity contribution in [3.05, 3.63) is 53.6 Å². The lowest BCUT2D eigenvalue weighted by atomic mass is 9.99. The first-order valence-electron chi connectivity index (χ1n) is 9.86. The minimum atomic E-state index is -0.00246. The third-order valence-electron chi connectivity index (χ3n) is 4.95. The number of nitrogens with zero attached hydrogens (tertiary/aromatic N) is 1. The smallest absolute Gasteiger partial charge is 0.251 e. The Labute approximate surface area is 167 Å². The van der Waals surface area contributed by atoms with E-state index in [4.69, 9.17) is 9.47 Å². The first-order chi connectivity index (χ1) is 13.6. The van der Waals surface area contributed by atoms with Crippen molar-refractivity contribution in [1.29, 1.82) is 0 Å². The summed E-state index contributed by atoms with van der Waals surface area (Å²) in [5.74, 6) is 0.808. The monoisotopic (exact) mass is 382 g/mol. The highest BCUT2D eigenvalue weighted by molar-refractivity contribution is 5.96. The van der Waals surface area contributed by atoms with Gasteiger partial charge in [0.05, 0.1) is 7.11 Å². The van der Waals surface area contributed by atoms with Crippen molar-refractivity contribution < 1.29 is 14.3 Å². The number of methoxy groups -OCH3 is 2. The van der Waals surface area contributed by atoms with Crippen LogP contribution in [0, 0.1) is 0 Å². The summed E-state index contributed by atoms with van der Waals surface area (Å²) < 4.78 is 10.7. The highest BCUT2D eigenvalue weighted by Crippen LogP contribution is 2.32. The Morgan fingerprint density at radius 3 is 2.71 bits per heavy atom. The predicted molar refractivity (Wildman–Crippen MR) is 112 cm³/mol. The fourth-order valence-corrected chi connectivity index (χ4v) is 3.27. The molecule has 5 heteroatoms. The predicted octanol–water partition coefficient (Wildman–Crippen LogP) is 3.72. The van der Waals surface area contributed by atoms with Crippen molar-refractivity contribution in [2.75, 3.05) is 34.4 Å². The maximum atomic E-state index is 12.4. The molecule has 1 N–H and O–H groups in total. The maximum absolute atomic E-state index is 12.4. The van der Waals surface area contributed by atoms with Gasteiger partial charge in [-0.3, -0.25) is 4.79 Å². The minimum absolute atomic E-state index is 0.00246. The summed E-state index contributed by atoms with van der Waals surface area (Å²) in [6, 6.07) is 14.4. The number of rotatable bonds is 10. The number of hydrogen-bond acceptors (Lipinski definition) is 4. The van der Waals surface area contributed by atoms with Gasteiger partial charge in [0.2, 0.25) is 0 Å². The number of nitrogens with one attached hydrogen (secondary N) is 1. The van der Waals surface area contributed by atoms with Crippen molar-refractivity contribution in [3.63, 3.8) is 0 Å². The number of benzene rings is 2. The Morgan fingerprint density at radius 1 is 1.18 bits per heavy atom. The van der Waals surface area contributed by atoms with Crippen LogP contribution in [0.4, 0.5) is 0 Å². The quantitative estimate of drug-likeness (QED) is 0.636. The molecule has 1 saturated carbocycles. The van der Waals surface area contributed by atoms with Crippen LogP contribution in [0.25, 0.3) is 11.1 Å². The number of amides is 1. The zero-order valence-corrected chi connectivity index (χ0v) is 17.0. The summed E-state index contributed by atoms with van der Waals surface area (Å²) in [5.41, 5.74) is 3.90. The van der Waals surface area contributed by atoms with Crippen LogP contribution < -0.4 is 10.1 Å². The van der Waals surface area contributed by atoms with Crippen molar-refractivity contribution in [3.8, 4) is 16.9 Å². The number of carbonyl (C=O) groups excluding carboxylic acids is 1. The van der Waals surface area contributed by atoms with Gasteiger partial charge in [-0.1, -0.05) is 18.2 Å². The first-order valence-corrected chi connectivity index (χ1v) is 9.86. The fourth-order valence-electron chi connectivity index (χ4n) is 3.27. The Kier molecular flexibility index (Phi) is 7.06. The van der Waals surface area contributed by atoms with Crippen molar-refractivity contribution in [1.82, 2.24) is 10.2 Å². The maximum Gasteiger partial charge on any atom is 0.251 e. The molecule has 0 spiro atoms. The number of ether oxygens (including phenoxy) is 2. The number of carbonyl (C=O) groups is 1. The summed E-state index contributed by atoms with van der Waals surface area (Å²) in [4.78, 5) is 14.7. The molecule has 1 aliphatic rings. The molecule has 0 atom stereocenters. The molecule has 1 amide bonds. The van der Waals surface area contributed by atoms with E-state index in [1.54, 1.807) is 14.2 Å². The molecule has 0 saturated heterocycles. The summed E-state index contributed by atoms with van der Waals surface area (Å²) in [6.07, 6.45) is 3.17. The van der Waals surface area contributed by atoms with E-state index >= 15 is 0 Å². The largest absolute Gasteiger partial charge is 0.496 e. The SMILES string of the molecule is COCCCN(C)Cc1ccc(OC)c(-c2cccc(C(=O)NC3CC3)c2)c1. The van der Waals surface area contributed by atoms with Gasteiger partial charge in [0, 0.05) is 44.0 Å². The third-order valence-corrected chi connectivity index (χ3v) is 4.95. The lowest BCUT2D eigenvalue weighted by Crippen LogP contribution is -2.25. The topological polar surface area (TPSA) is 50.8 Å². The van der Waals surface area contributed by atoms with Gasteiger partial charge in [-0.2, -0.15) is 0 Å². The molecule has 0 heterocycles. The minimum Gasteiger partial charge on any atom is -0.496 e. The number of hydrogen-bond donors (Lipinski definition) is 1. The lowest BCUT2D eigenvalue weighted by Gasteiger charge is -2.18. The normalized spacial score (nSPS) is 13.6. The molecular formula is C23H30N2O3. The van der Waals surface area contributed by atoms with Gasteiger partial charge in [0.1, 0.15) is 5.75 Å². The second kappa shape index (κ2) is 9.71. The molecule has 3 rings (SSSR count). The van der Waals surface area contributed by atoms with Crippen molar-refractivity contribution in [2.45, 2.75) is 31.8 Å². The zero-order valence-electron chi connectivity index (χ0n) is 17.0. The molecule has 2 aromatic carbocycles.